The summed E-state index contributed by atoms with van der Waals surface area (Å²) in [6.45, 7) is 2.09. The Morgan fingerprint density at radius 3 is 2.52 bits per heavy atom. The summed E-state index contributed by atoms with van der Waals surface area (Å²) in [7, 11) is -0.881. The molecule has 0 saturated heterocycles. The van der Waals surface area contributed by atoms with Gasteiger partial charge in [0, 0.05) is 25.5 Å². The minimum absolute atomic E-state index is 0.0153. The zero-order valence-electron chi connectivity index (χ0n) is 17.7. The van der Waals surface area contributed by atoms with E-state index in [1.807, 2.05) is 36.6 Å². The molecule has 31 heavy (non-hydrogen) atoms. The van der Waals surface area contributed by atoms with Crippen molar-refractivity contribution in [1.82, 2.24) is 13.9 Å². The lowest BCUT2D eigenvalue weighted by Crippen LogP contribution is -2.23. The Morgan fingerprint density at radius 1 is 1.19 bits per heavy atom. The van der Waals surface area contributed by atoms with E-state index in [2.05, 4.69) is 10.3 Å². The number of hydrogen-bond donors (Lipinski definition) is 1. The third-order valence-electron chi connectivity index (χ3n) is 4.42. The minimum atomic E-state index is -3.77. The molecule has 0 spiro atoms. The minimum Gasteiger partial charge on any atom is -0.492 e. The molecule has 1 heterocycles. The van der Waals surface area contributed by atoms with Crippen molar-refractivity contribution >= 4 is 33.4 Å². The predicted molar refractivity (Wildman–Crippen MR) is 122 cm³/mol. The Morgan fingerprint density at radius 2 is 1.90 bits per heavy atom. The zero-order valence-corrected chi connectivity index (χ0v) is 19.3. The number of nitrogens with zero attached hydrogens (tertiary/aromatic N) is 3. The topological polar surface area (TPSA) is 93.5 Å². The number of ether oxygens (including phenoxy) is 1. The molecule has 0 unspecified atom stereocenters. The summed E-state index contributed by atoms with van der Waals surface area (Å²) in [6, 6.07) is 14.0. The fraction of sp³-hybridized carbons (Fsp3) is 0.238. The smallest absolute Gasteiger partial charge is 0.274 e. The van der Waals surface area contributed by atoms with Gasteiger partial charge in [-0.25, -0.2) is 17.7 Å². The zero-order chi connectivity index (χ0) is 22.6. The first-order chi connectivity index (χ1) is 14.8. The average molecular weight is 461 g/mol. The van der Waals surface area contributed by atoms with Crippen molar-refractivity contribution in [2.75, 3.05) is 32.3 Å². The van der Waals surface area contributed by atoms with Gasteiger partial charge < -0.3 is 10.1 Å². The number of aromatic nitrogens is 2. The standard InChI is InChI=1S/C21H24N4O4S2/c1-5-29-18-12-11-15(13-19(18)31(27,28)24(2)3)23-20(26)17-14-22-21(30-4)25(17)16-9-7-6-8-10-16/h6-14H,5H2,1-4H3,(H,23,26). The van der Waals surface area contributed by atoms with Gasteiger partial charge in [-0.2, -0.15) is 0 Å². The quantitative estimate of drug-likeness (QED) is 0.517. The van der Waals surface area contributed by atoms with Crippen LogP contribution in [0.15, 0.2) is 64.8 Å². The summed E-state index contributed by atoms with van der Waals surface area (Å²) in [5, 5.41) is 3.44. The highest BCUT2D eigenvalue weighted by Crippen LogP contribution is 2.30. The number of anilines is 1. The molecule has 1 amide bonds. The molecule has 1 aromatic heterocycles. The molecule has 0 aliphatic rings. The van der Waals surface area contributed by atoms with Crippen molar-refractivity contribution in [3.63, 3.8) is 0 Å². The number of nitrogens with one attached hydrogen (secondary N) is 1. The van der Waals surface area contributed by atoms with Gasteiger partial charge in [-0.3, -0.25) is 9.36 Å². The van der Waals surface area contributed by atoms with Crippen molar-refractivity contribution in [3.05, 3.63) is 60.4 Å². The van der Waals surface area contributed by atoms with E-state index in [1.54, 1.807) is 17.6 Å². The Balaban J connectivity index is 1.99. The number of carbonyl (C=O) groups excluding carboxylic acids is 1. The third-order valence-corrected chi connectivity index (χ3v) is 6.91. The van der Waals surface area contributed by atoms with Crippen LogP contribution in [0.25, 0.3) is 5.69 Å². The highest BCUT2D eigenvalue weighted by molar-refractivity contribution is 7.98. The van der Waals surface area contributed by atoms with E-state index in [1.165, 1.54) is 44.2 Å². The highest BCUT2D eigenvalue weighted by atomic mass is 32.2. The second kappa shape index (κ2) is 9.54. The van der Waals surface area contributed by atoms with Crippen LogP contribution in [0.2, 0.25) is 0 Å². The van der Waals surface area contributed by atoms with Crippen molar-refractivity contribution in [2.24, 2.45) is 0 Å². The second-order valence-electron chi connectivity index (χ2n) is 6.64. The van der Waals surface area contributed by atoms with Crippen LogP contribution in [0.1, 0.15) is 17.4 Å². The van der Waals surface area contributed by atoms with Crippen LogP contribution in [-0.2, 0) is 10.0 Å². The molecule has 0 atom stereocenters. The number of para-hydroxylation sites is 1. The number of hydrogen-bond acceptors (Lipinski definition) is 6. The van der Waals surface area contributed by atoms with Gasteiger partial charge in [-0.1, -0.05) is 30.0 Å². The van der Waals surface area contributed by atoms with Crippen molar-refractivity contribution in [2.45, 2.75) is 17.0 Å². The molecule has 0 radical (unpaired) electrons. The summed E-state index contributed by atoms with van der Waals surface area (Å²) in [4.78, 5) is 17.4. The Labute approximate surface area is 186 Å². The van der Waals surface area contributed by atoms with E-state index < -0.39 is 15.9 Å². The fourth-order valence-corrected chi connectivity index (χ4v) is 4.51. The SMILES string of the molecule is CCOc1ccc(NC(=O)c2cnc(SC)n2-c2ccccc2)cc1S(=O)(=O)N(C)C. The molecule has 3 aromatic rings. The van der Waals surface area contributed by atoms with Crippen LogP contribution >= 0.6 is 11.8 Å². The first-order valence-corrected chi connectivity index (χ1v) is 12.1. The molecular formula is C21H24N4O4S2. The number of carbonyl (C=O) groups is 1. The molecule has 0 aliphatic heterocycles. The summed E-state index contributed by atoms with van der Waals surface area (Å²) < 4.78 is 33.8. The second-order valence-corrected chi connectivity index (χ2v) is 9.53. The molecule has 164 valence electrons. The average Bonchev–Trinajstić information content (AvgIpc) is 3.19. The summed E-state index contributed by atoms with van der Waals surface area (Å²) in [5.41, 5.74) is 1.47. The maximum Gasteiger partial charge on any atom is 0.274 e. The lowest BCUT2D eigenvalue weighted by molar-refractivity contribution is 0.102. The number of imidazole rings is 1. The van der Waals surface area contributed by atoms with Gasteiger partial charge in [0.05, 0.1) is 12.8 Å². The number of benzene rings is 2. The Bertz CT molecular complexity index is 1180. The maximum absolute atomic E-state index is 13.1. The molecule has 8 nitrogen and oxygen atoms in total. The van der Waals surface area contributed by atoms with Gasteiger partial charge in [0.15, 0.2) is 5.16 Å². The summed E-state index contributed by atoms with van der Waals surface area (Å²) in [5.74, 6) is -0.179. The first kappa shape index (κ1) is 22.9. The monoisotopic (exact) mass is 460 g/mol. The maximum atomic E-state index is 13.1. The Hall–Kier alpha value is -2.82. The molecular weight excluding hydrogens is 436 g/mol. The summed E-state index contributed by atoms with van der Waals surface area (Å²) >= 11 is 1.42. The van der Waals surface area contributed by atoms with Crippen LogP contribution in [0.5, 0.6) is 5.75 Å². The van der Waals surface area contributed by atoms with Crippen LogP contribution in [-0.4, -0.2) is 55.1 Å². The van der Waals surface area contributed by atoms with Crippen LogP contribution in [0.4, 0.5) is 5.69 Å². The van der Waals surface area contributed by atoms with Crippen molar-refractivity contribution in [1.29, 1.82) is 0 Å². The normalized spacial score (nSPS) is 11.5. The molecule has 0 aliphatic carbocycles. The van der Waals surface area contributed by atoms with Crippen molar-refractivity contribution < 1.29 is 17.9 Å². The first-order valence-electron chi connectivity index (χ1n) is 9.47. The van der Waals surface area contributed by atoms with Gasteiger partial charge in [-0.05, 0) is 43.5 Å². The van der Waals surface area contributed by atoms with Crippen LogP contribution < -0.4 is 10.1 Å². The van der Waals surface area contributed by atoms with Gasteiger partial charge >= 0.3 is 0 Å². The molecule has 0 fully saturated rings. The van der Waals surface area contributed by atoms with E-state index in [0.29, 0.717) is 23.1 Å². The molecule has 2 aromatic carbocycles. The van der Waals surface area contributed by atoms with Gasteiger partial charge in [0.1, 0.15) is 16.3 Å². The van der Waals surface area contributed by atoms with Crippen LogP contribution in [0.3, 0.4) is 0 Å². The largest absolute Gasteiger partial charge is 0.492 e. The molecule has 1 N–H and O–H groups in total. The Kier molecular flexibility index (Phi) is 7.04. The lowest BCUT2D eigenvalue weighted by atomic mass is 10.2. The van der Waals surface area contributed by atoms with E-state index in [-0.39, 0.29) is 10.6 Å². The molecule has 3 rings (SSSR count). The van der Waals surface area contributed by atoms with Gasteiger partial charge in [0.25, 0.3) is 5.91 Å². The van der Waals surface area contributed by atoms with Crippen molar-refractivity contribution in [3.8, 4) is 11.4 Å². The fourth-order valence-electron chi connectivity index (χ4n) is 2.92. The molecule has 10 heteroatoms. The third kappa shape index (κ3) is 4.76. The molecule has 0 bridgehead atoms. The van der Waals surface area contributed by atoms with Crippen LogP contribution in [0, 0.1) is 0 Å². The van der Waals surface area contributed by atoms with E-state index in [0.717, 1.165) is 9.99 Å². The highest BCUT2D eigenvalue weighted by Gasteiger charge is 2.24. The van der Waals surface area contributed by atoms with E-state index in [9.17, 15) is 13.2 Å². The molecule has 0 saturated carbocycles. The van der Waals surface area contributed by atoms with E-state index in [4.69, 9.17) is 4.74 Å². The van der Waals surface area contributed by atoms with Gasteiger partial charge in [-0.15, -0.1) is 0 Å². The number of sulfonamides is 1. The number of rotatable bonds is 8. The number of amides is 1. The van der Waals surface area contributed by atoms with Gasteiger partial charge in [0.2, 0.25) is 10.0 Å². The summed E-state index contributed by atoms with van der Waals surface area (Å²) in [6.07, 6.45) is 3.38. The van der Waals surface area contributed by atoms with E-state index >= 15 is 0 Å². The lowest BCUT2D eigenvalue weighted by Gasteiger charge is -2.17. The predicted octanol–water partition coefficient (Wildman–Crippen LogP) is 3.50. The number of thioether (sulfide) groups is 1.